The van der Waals surface area contributed by atoms with Crippen molar-refractivity contribution in [3.8, 4) is 0 Å². The molecule has 0 radical (unpaired) electrons. The highest BCUT2D eigenvalue weighted by Gasteiger charge is 2.32. The second kappa shape index (κ2) is 7.74. The van der Waals surface area contributed by atoms with Crippen molar-refractivity contribution < 1.29 is 14.4 Å². The summed E-state index contributed by atoms with van der Waals surface area (Å²) in [4.78, 5) is 41.8. The molecule has 1 saturated heterocycles. The molecule has 1 atom stereocenters. The van der Waals surface area contributed by atoms with E-state index in [9.17, 15) is 14.4 Å². The number of rotatable bonds is 5. The summed E-state index contributed by atoms with van der Waals surface area (Å²) in [6, 6.07) is 11.4. The third-order valence-corrected chi connectivity index (χ3v) is 6.05. The number of carbonyl (C=O) groups is 3. The number of likely N-dealkylation sites (tertiary alicyclic amines) is 1. The normalized spacial score (nSPS) is 19.4. The molecule has 0 spiro atoms. The summed E-state index contributed by atoms with van der Waals surface area (Å²) in [6.07, 6.45) is 5.18. The maximum atomic E-state index is 12.9. The minimum Gasteiger partial charge on any atom is -0.340 e. The number of hydrogen-bond acceptors (Lipinski definition) is 3. The fourth-order valence-electron chi connectivity index (χ4n) is 4.57. The first-order chi connectivity index (χ1) is 13.6. The Balaban J connectivity index is 1.45. The Morgan fingerprint density at radius 2 is 1.71 bits per heavy atom. The Morgan fingerprint density at radius 3 is 2.36 bits per heavy atom. The van der Waals surface area contributed by atoms with Crippen LogP contribution >= 0.6 is 0 Å². The number of piperidine rings is 1. The predicted octanol–water partition coefficient (Wildman–Crippen LogP) is 4.01. The minimum atomic E-state index is -0.258. The average molecular weight is 378 g/mol. The lowest BCUT2D eigenvalue weighted by Gasteiger charge is -2.35. The molecule has 2 aromatic rings. The van der Waals surface area contributed by atoms with E-state index in [1.165, 1.54) is 11.3 Å². The first-order valence-corrected chi connectivity index (χ1v) is 10.3. The number of carbonyl (C=O) groups excluding carboxylic acids is 3. The highest BCUT2D eigenvalue weighted by Crippen LogP contribution is 2.30. The van der Waals surface area contributed by atoms with Crippen LogP contribution in [0.4, 0.5) is 0 Å². The highest BCUT2D eigenvalue weighted by molar-refractivity contribution is 6.25. The standard InChI is InChI=1S/C23H26N2O3/c1-2-17-10-3-4-14-24(17)20(26)13-7-15-25-22(27)18-11-5-8-16-9-6-12-19(21(16)18)23(25)28/h5-6,8-9,11-12,17H,2-4,7,10,13-15H2,1H3. The zero-order chi connectivity index (χ0) is 19.7. The first kappa shape index (κ1) is 18.7. The van der Waals surface area contributed by atoms with E-state index in [1.807, 2.05) is 29.2 Å². The van der Waals surface area contributed by atoms with Gasteiger partial charge in [-0.1, -0.05) is 31.2 Å². The van der Waals surface area contributed by atoms with Crippen molar-refractivity contribution in [2.24, 2.45) is 0 Å². The van der Waals surface area contributed by atoms with Gasteiger partial charge in [0.2, 0.25) is 5.91 Å². The number of amides is 3. The molecule has 2 aliphatic heterocycles. The van der Waals surface area contributed by atoms with Crippen molar-refractivity contribution in [3.05, 3.63) is 47.5 Å². The highest BCUT2D eigenvalue weighted by atomic mass is 16.2. The molecule has 5 nitrogen and oxygen atoms in total. The van der Waals surface area contributed by atoms with Gasteiger partial charge in [0.25, 0.3) is 11.8 Å². The van der Waals surface area contributed by atoms with Gasteiger partial charge >= 0.3 is 0 Å². The second-order valence-corrected chi connectivity index (χ2v) is 7.72. The lowest BCUT2D eigenvalue weighted by molar-refractivity contribution is -0.135. The molecule has 2 heterocycles. The van der Waals surface area contributed by atoms with Crippen molar-refractivity contribution in [1.82, 2.24) is 9.80 Å². The summed E-state index contributed by atoms with van der Waals surface area (Å²) >= 11 is 0. The van der Waals surface area contributed by atoms with Gasteiger partial charge in [0, 0.05) is 42.1 Å². The van der Waals surface area contributed by atoms with Crippen LogP contribution in [0.2, 0.25) is 0 Å². The quantitative estimate of drug-likeness (QED) is 0.739. The molecule has 5 heteroatoms. The van der Waals surface area contributed by atoms with Gasteiger partial charge in [0.05, 0.1) is 0 Å². The predicted molar refractivity (Wildman–Crippen MR) is 108 cm³/mol. The van der Waals surface area contributed by atoms with Gasteiger partial charge < -0.3 is 4.90 Å². The summed E-state index contributed by atoms with van der Waals surface area (Å²) in [7, 11) is 0. The lowest BCUT2D eigenvalue weighted by atomic mass is 9.94. The molecule has 0 aromatic heterocycles. The van der Waals surface area contributed by atoms with E-state index in [0.717, 1.165) is 36.6 Å². The maximum Gasteiger partial charge on any atom is 0.261 e. The minimum absolute atomic E-state index is 0.144. The molecular weight excluding hydrogens is 352 g/mol. The van der Waals surface area contributed by atoms with Crippen LogP contribution in [0.3, 0.4) is 0 Å². The molecule has 1 unspecified atom stereocenters. The van der Waals surface area contributed by atoms with E-state index in [2.05, 4.69) is 6.92 Å². The van der Waals surface area contributed by atoms with E-state index >= 15 is 0 Å². The molecule has 28 heavy (non-hydrogen) atoms. The van der Waals surface area contributed by atoms with Crippen LogP contribution < -0.4 is 0 Å². The maximum absolute atomic E-state index is 12.9. The van der Waals surface area contributed by atoms with Crippen molar-refractivity contribution in [3.63, 3.8) is 0 Å². The van der Waals surface area contributed by atoms with E-state index < -0.39 is 0 Å². The Morgan fingerprint density at radius 1 is 1.04 bits per heavy atom. The van der Waals surface area contributed by atoms with Crippen molar-refractivity contribution >= 4 is 28.5 Å². The van der Waals surface area contributed by atoms with Crippen LogP contribution in [0.5, 0.6) is 0 Å². The van der Waals surface area contributed by atoms with Gasteiger partial charge in [-0.2, -0.15) is 0 Å². The molecule has 0 bridgehead atoms. The Bertz CT molecular complexity index is 886. The van der Waals surface area contributed by atoms with E-state index in [4.69, 9.17) is 0 Å². The fourth-order valence-corrected chi connectivity index (χ4v) is 4.57. The zero-order valence-corrected chi connectivity index (χ0v) is 16.3. The van der Waals surface area contributed by atoms with Crippen LogP contribution in [-0.4, -0.2) is 46.7 Å². The van der Waals surface area contributed by atoms with Crippen LogP contribution in [0.1, 0.15) is 66.2 Å². The van der Waals surface area contributed by atoms with Crippen LogP contribution in [-0.2, 0) is 4.79 Å². The summed E-state index contributed by atoms with van der Waals surface area (Å²) in [6.45, 7) is 3.23. The van der Waals surface area contributed by atoms with Gasteiger partial charge in [-0.3, -0.25) is 19.3 Å². The molecular formula is C23H26N2O3. The molecule has 0 N–H and O–H groups in total. The Kier molecular flexibility index (Phi) is 5.16. The summed E-state index contributed by atoms with van der Waals surface area (Å²) in [5.41, 5.74) is 1.14. The molecule has 2 aliphatic rings. The SMILES string of the molecule is CCC1CCCCN1C(=O)CCCN1C(=O)c2cccc3cccc(c23)C1=O. The fraction of sp³-hybridized carbons (Fsp3) is 0.435. The zero-order valence-electron chi connectivity index (χ0n) is 16.3. The van der Waals surface area contributed by atoms with Crippen molar-refractivity contribution in [2.45, 2.75) is 51.5 Å². The van der Waals surface area contributed by atoms with Crippen LogP contribution in [0.25, 0.3) is 10.8 Å². The molecule has 4 rings (SSSR count). The molecule has 3 amide bonds. The molecule has 1 fully saturated rings. The smallest absolute Gasteiger partial charge is 0.261 e. The second-order valence-electron chi connectivity index (χ2n) is 7.72. The molecule has 0 saturated carbocycles. The van der Waals surface area contributed by atoms with E-state index in [-0.39, 0.29) is 24.3 Å². The van der Waals surface area contributed by atoms with Gasteiger partial charge in [-0.15, -0.1) is 0 Å². The van der Waals surface area contributed by atoms with E-state index in [1.54, 1.807) is 12.1 Å². The molecule has 2 aromatic carbocycles. The van der Waals surface area contributed by atoms with E-state index in [0.29, 0.717) is 30.0 Å². The Labute approximate surface area is 165 Å². The summed E-state index contributed by atoms with van der Waals surface area (Å²) in [5.74, 6) is -0.372. The number of hydrogen-bond donors (Lipinski definition) is 0. The Hall–Kier alpha value is -2.69. The van der Waals surface area contributed by atoms with Crippen LogP contribution in [0.15, 0.2) is 36.4 Å². The monoisotopic (exact) mass is 378 g/mol. The van der Waals surface area contributed by atoms with Gasteiger partial charge in [-0.05, 0) is 49.6 Å². The third kappa shape index (κ3) is 3.19. The molecule has 146 valence electrons. The van der Waals surface area contributed by atoms with Gasteiger partial charge in [0.1, 0.15) is 0 Å². The average Bonchev–Trinajstić information content (AvgIpc) is 2.74. The van der Waals surface area contributed by atoms with Gasteiger partial charge in [-0.25, -0.2) is 0 Å². The summed E-state index contributed by atoms with van der Waals surface area (Å²) < 4.78 is 0. The number of imide groups is 1. The largest absolute Gasteiger partial charge is 0.340 e. The first-order valence-electron chi connectivity index (χ1n) is 10.3. The lowest BCUT2D eigenvalue weighted by Crippen LogP contribution is -2.44. The van der Waals surface area contributed by atoms with Gasteiger partial charge in [0.15, 0.2) is 0 Å². The molecule has 0 aliphatic carbocycles. The number of nitrogens with zero attached hydrogens (tertiary/aromatic N) is 2. The van der Waals surface area contributed by atoms with Crippen LogP contribution in [0, 0.1) is 0 Å². The number of benzene rings is 2. The third-order valence-electron chi connectivity index (χ3n) is 6.05. The van der Waals surface area contributed by atoms with Crippen molar-refractivity contribution in [2.75, 3.05) is 13.1 Å². The summed E-state index contributed by atoms with van der Waals surface area (Å²) in [5, 5.41) is 1.65. The topological polar surface area (TPSA) is 57.7 Å². The van der Waals surface area contributed by atoms with Crippen molar-refractivity contribution in [1.29, 1.82) is 0 Å².